The van der Waals surface area contributed by atoms with Crippen LogP contribution >= 0.6 is 0 Å². The molecule has 1 aliphatic heterocycles. The molecule has 5 heteroatoms. The largest absolute Gasteiger partial charge is 0.393 e. The van der Waals surface area contributed by atoms with Gasteiger partial charge in [0, 0.05) is 12.6 Å². The molecule has 2 aliphatic rings. The first-order valence-electron chi connectivity index (χ1n) is 6.71. The maximum absolute atomic E-state index is 11.9. The number of hydrogen-bond donors (Lipinski definition) is 3. The average molecular weight is 254 g/mol. The summed E-state index contributed by atoms with van der Waals surface area (Å²) >= 11 is 0. The Kier molecular flexibility index (Phi) is 3.61. The highest BCUT2D eigenvalue weighted by molar-refractivity contribution is 5.89. The first-order chi connectivity index (χ1) is 8.44. The van der Waals surface area contributed by atoms with Crippen LogP contribution in [0.25, 0.3) is 0 Å². The number of carbonyl (C=O) groups excluding carboxylic acids is 2. The fraction of sp³-hybridized carbons (Fsp3) is 0.846. The molecule has 1 saturated heterocycles. The van der Waals surface area contributed by atoms with E-state index in [1.165, 1.54) is 0 Å². The van der Waals surface area contributed by atoms with Crippen LogP contribution in [0.2, 0.25) is 0 Å². The van der Waals surface area contributed by atoms with Crippen molar-refractivity contribution < 1.29 is 14.7 Å². The molecule has 18 heavy (non-hydrogen) atoms. The number of aliphatic hydroxyl groups is 1. The minimum atomic E-state index is -0.644. The monoisotopic (exact) mass is 254 g/mol. The molecule has 0 bridgehead atoms. The van der Waals surface area contributed by atoms with Gasteiger partial charge in [-0.25, -0.2) is 0 Å². The van der Waals surface area contributed by atoms with Crippen LogP contribution in [0.15, 0.2) is 0 Å². The summed E-state index contributed by atoms with van der Waals surface area (Å²) in [6.45, 7) is 4.07. The zero-order chi connectivity index (χ0) is 13.3. The average Bonchev–Trinajstić information content (AvgIpc) is 2.36. The van der Waals surface area contributed by atoms with Crippen molar-refractivity contribution in [3.63, 3.8) is 0 Å². The van der Waals surface area contributed by atoms with Crippen molar-refractivity contribution in [1.82, 2.24) is 10.6 Å². The molecule has 1 aliphatic carbocycles. The Labute approximate surface area is 107 Å². The van der Waals surface area contributed by atoms with E-state index in [-0.39, 0.29) is 23.3 Å². The summed E-state index contributed by atoms with van der Waals surface area (Å²) in [6.07, 6.45) is 2.91. The van der Waals surface area contributed by atoms with Gasteiger partial charge in [-0.1, -0.05) is 13.3 Å². The number of hydrogen-bond acceptors (Lipinski definition) is 3. The molecule has 2 rings (SSSR count). The number of rotatable bonds is 3. The fourth-order valence-corrected chi connectivity index (χ4v) is 2.81. The molecule has 2 unspecified atom stereocenters. The Morgan fingerprint density at radius 1 is 1.56 bits per heavy atom. The van der Waals surface area contributed by atoms with Gasteiger partial charge in [0.15, 0.2) is 0 Å². The fourth-order valence-electron chi connectivity index (χ4n) is 2.81. The van der Waals surface area contributed by atoms with Crippen LogP contribution in [-0.4, -0.2) is 35.6 Å². The molecule has 0 aromatic carbocycles. The Bertz CT molecular complexity index is 356. The first-order valence-corrected chi connectivity index (χ1v) is 6.71. The summed E-state index contributed by atoms with van der Waals surface area (Å²) in [5, 5.41) is 15.2. The van der Waals surface area contributed by atoms with E-state index < -0.39 is 12.0 Å². The summed E-state index contributed by atoms with van der Waals surface area (Å²) in [7, 11) is 0. The van der Waals surface area contributed by atoms with Gasteiger partial charge >= 0.3 is 0 Å². The Morgan fingerprint density at radius 2 is 2.28 bits per heavy atom. The van der Waals surface area contributed by atoms with Gasteiger partial charge in [-0.3, -0.25) is 9.59 Å². The van der Waals surface area contributed by atoms with Gasteiger partial charge in [-0.15, -0.1) is 0 Å². The highest BCUT2D eigenvalue weighted by Gasteiger charge is 2.49. The van der Waals surface area contributed by atoms with Crippen molar-refractivity contribution in [2.75, 3.05) is 6.54 Å². The predicted octanol–water partition coefficient (Wildman–Crippen LogP) is 0.178. The van der Waals surface area contributed by atoms with Crippen LogP contribution in [0.1, 0.15) is 39.5 Å². The number of β-lactam (4-membered cyclic amide) rings is 1. The molecule has 1 spiro atoms. The van der Waals surface area contributed by atoms with Gasteiger partial charge in [0.2, 0.25) is 11.8 Å². The zero-order valence-electron chi connectivity index (χ0n) is 11.0. The molecule has 1 saturated carbocycles. The molecule has 0 radical (unpaired) electrons. The second-order valence-corrected chi connectivity index (χ2v) is 5.79. The summed E-state index contributed by atoms with van der Waals surface area (Å²) in [5.74, 6) is -0.394. The number of amides is 2. The minimum Gasteiger partial charge on any atom is -0.393 e. The number of aliphatic hydroxyl groups excluding tert-OH is 1. The molecular weight excluding hydrogens is 232 g/mol. The zero-order valence-corrected chi connectivity index (χ0v) is 11.0. The van der Waals surface area contributed by atoms with E-state index in [0.717, 1.165) is 32.2 Å². The van der Waals surface area contributed by atoms with Crippen LogP contribution in [0.3, 0.4) is 0 Å². The lowest BCUT2D eigenvalue weighted by atomic mass is 9.67. The summed E-state index contributed by atoms with van der Waals surface area (Å²) in [4.78, 5) is 23.5. The van der Waals surface area contributed by atoms with Crippen LogP contribution in [0.4, 0.5) is 0 Å². The molecular formula is C13H22N2O3. The third kappa shape index (κ3) is 2.36. The van der Waals surface area contributed by atoms with E-state index in [0.29, 0.717) is 0 Å². The second kappa shape index (κ2) is 4.88. The molecule has 102 valence electrons. The normalized spacial score (nSPS) is 34.4. The van der Waals surface area contributed by atoms with Crippen molar-refractivity contribution >= 4 is 11.8 Å². The topological polar surface area (TPSA) is 78.4 Å². The van der Waals surface area contributed by atoms with Crippen molar-refractivity contribution in [2.45, 2.75) is 51.7 Å². The Balaban J connectivity index is 1.90. The Morgan fingerprint density at radius 3 is 2.78 bits per heavy atom. The summed E-state index contributed by atoms with van der Waals surface area (Å²) < 4.78 is 0. The molecule has 0 aromatic heterocycles. The Hall–Kier alpha value is -1.10. The molecule has 5 nitrogen and oxygen atoms in total. The maximum atomic E-state index is 11.9. The SMILES string of the molecule is C[C@H](C(=O)NC1CCCC2(CNC2=O)C1)[C@@H](C)O. The smallest absolute Gasteiger partial charge is 0.228 e. The van der Waals surface area contributed by atoms with Crippen molar-refractivity contribution in [1.29, 1.82) is 0 Å². The van der Waals surface area contributed by atoms with E-state index in [1.807, 2.05) is 0 Å². The first kappa shape index (κ1) is 13.3. The van der Waals surface area contributed by atoms with E-state index in [9.17, 15) is 14.7 Å². The summed E-state index contributed by atoms with van der Waals surface area (Å²) in [5.41, 5.74) is -0.232. The molecule has 2 fully saturated rings. The number of nitrogens with one attached hydrogen (secondary N) is 2. The van der Waals surface area contributed by atoms with Crippen molar-refractivity contribution in [3.05, 3.63) is 0 Å². The van der Waals surface area contributed by atoms with Gasteiger partial charge in [0.1, 0.15) is 0 Å². The van der Waals surface area contributed by atoms with Gasteiger partial charge < -0.3 is 15.7 Å². The predicted molar refractivity (Wildman–Crippen MR) is 66.7 cm³/mol. The van der Waals surface area contributed by atoms with Crippen LogP contribution < -0.4 is 10.6 Å². The third-order valence-corrected chi connectivity index (χ3v) is 4.40. The second-order valence-electron chi connectivity index (χ2n) is 5.79. The standard InChI is InChI=1S/C13H22N2O3/c1-8(9(2)16)11(17)15-10-4-3-5-13(6-10)7-14-12(13)18/h8-10,16H,3-7H2,1-2H3,(H,14,18)(H,15,17)/t8-,9+,10?,13?/m0/s1. The lowest BCUT2D eigenvalue weighted by molar-refractivity contribution is -0.144. The quantitative estimate of drug-likeness (QED) is 0.629. The lowest BCUT2D eigenvalue weighted by Gasteiger charge is -2.46. The van der Waals surface area contributed by atoms with Crippen molar-refractivity contribution in [3.8, 4) is 0 Å². The maximum Gasteiger partial charge on any atom is 0.228 e. The third-order valence-electron chi connectivity index (χ3n) is 4.40. The molecule has 3 N–H and O–H groups in total. The molecule has 1 heterocycles. The molecule has 4 atom stereocenters. The minimum absolute atomic E-state index is 0.0681. The summed E-state index contributed by atoms with van der Waals surface area (Å²) in [6, 6.07) is 0.0681. The van der Waals surface area contributed by atoms with Gasteiger partial charge in [0.25, 0.3) is 0 Å². The van der Waals surface area contributed by atoms with E-state index >= 15 is 0 Å². The molecule has 2 amide bonds. The van der Waals surface area contributed by atoms with E-state index in [2.05, 4.69) is 10.6 Å². The van der Waals surface area contributed by atoms with Crippen molar-refractivity contribution in [2.24, 2.45) is 11.3 Å². The van der Waals surface area contributed by atoms with Crippen LogP contribution in [0.5, 0.6) is 0 Å². The molecule has 0 aromatic rings. The van der Waals surface area contributed by atoms with Gasteiger partial charge in [-0.2, -0.15) is 0 Å². The highest BCUT2D eigenvalue weighted by atomic mass is 16.3. The lowest BCUT2D eigenvalue weighted by Crippen LogP contribution is -2.62. The van der Waals surface area contributed by atoms with Gasteiger partial charge in [0.05, 0.1) is 17.4 Å². The van der Waals surface area contributed by atoms with E-state index in [4.69, 9.17) is 0 Å². The van der Waals surface area contributed by atoms with Crippen LogP contribution in [-0.2, 0) is 9.59 Å². The van der Waals surface area contributed by atoms with Crippen LogP contribution in [0, 0.1) is 11.3 Å². The number of carbonyl (C=O) groups is 2. The highest BCUT2D eigenvalue weighted by Crippen LogP contribution is 2.40. The van der Waals surface area contributed by atoms with E-state index in [1.54, 1.807) is 13.8 Å². The van der Waals surface area contributed by atoms with Gasteiger partial charge in [-0.05, 0) is 26.2 Å².